The van der Waals surface area contributed by atoms with Crippen molar-refractivity contribution in [2.24, 2.45) is 0 Å². The monoisotopic (exact) mass is 258 g/mol. The Morgan fingerprint density at radius 3 is 2.32 bits per heavy atom. The van der Waals surface area contributed by atoms with Crippen molar-refractivity contribution in [3.63, 3.8) is 0 Å². The lowest BCUT2D eigenvalue weighted by molar-refractivity contribution is -0.0327. The summed E-state index contributed by atoms with van der Waals surface area (Å²) in [6, 6.07) is 15.1. The lowest BCUT2D eigenvalue weighted by Crippen LogP contribution is -2.29. The Labute approximate surface area is 111 Å². The van der Waals surface area contributed by atoms with Crippen molar-refractivity contribution >= 4 is 5.78 Å². The van der Waals surface area contributed by atoms with Gasteiger partial charge in [-0.25, -0.2) is 0 Å². The van der Waals surface area contributed by atoms with Crippen LogP contribution in [-0.4, -0.2) is 24.3 Å². The molecule has 0 saturated carbocycles. The number of methoxy groups -OCH3 is 1. The van der Waals surface area contributed by atoms with Crippen molar-refractivity contribution < 1.29 is 19.4 Å². The van der Waals surface area contributed by atoms with E-state index in [4.69, 9.17) is 9.47 Å². The lowest BCUT2D eigenvalue weighted by Gasteiger charge is -2.16. The van der Waals surface area contributed by atoms with E-state index < -0.39 is 6.29 Å². The van der Waals surface area contributed by atoms with Crippen molar-refractivity contribution in [2.75, 3.05) is 7.11 Å². The summed E-state index contributed by atoms with van der Waals surface area (Å²) in [6.07, 6.45) is -1.09. The van der Waals surface area contributed by atoms with Gasteiger partial charge in [0, 0.05) is 12.7 Å². The number of hydrogen-bond acceptors (Lipinski definition) is 4. The van der Waals surface area contributed by atoms with Gasteiger partial charge in [-0.3, -0.25) is 4.79 Å². The summed E-state index contributed by atoms with van der Waals surface area (Å²) in [5, 5.41) is 9.62. The van der Waals surface area contributed by atoms with Crippen LogP contribution in [0.3, 0.4) is 0 Å². The normalized spacial score (nSPS) is 11.8. The maximum atomic E-state index is 12.2. The standard InChI is InChI=1S/C15H14O4/c1-18-15(14(17)11-7-3-2-4-8-11)19-13-10-6-5-9-12(13)16/h2-10,15-16H,1H3. The molecule has 0 aliphatic heterocycles. The number of carbonyl (C=O) groups is 1. The van der Waals surface area contributed by atoms with Gasteiger partial charge in [-0.2, -0.15) is 0 Å². The van der Waals surface area contributed by atoms with Gasteiger partial charge < -0.3 is 14.6 Å². The number of Topliss-reactive ketones (excluding diaryl/α,β-unsaturated/α-hetero) is 1. The summed E-state index contributed by atoms with van der Waals surface area (Å²) in [6.45, 7) is 0. The Morgan fingerprint density at radius 2 is 1.68 bits per heavy atom. The van der Waals surface area contributed by atoms with Crippen LogP contribution in [0, 0.1) is 0 Å². The van der Waals surface area contributed by atoms with Crippen LogP contribution >= 0.6 is 0 Å². The molecule has 0 heterocycles. The Hall–Kier alpha value is -2.33. The summed E-state index contributed by atoms with van der Waals surface area (Å²) in [5.74, 6) is -0.129. The first-order valence-electron chi connectivity index (χ1n) is 5.79. The van der Waals surface area contributed by atoms with E-state index in [1.54, 1.807) is 42.5 Å². The van der Waals surface area contributed by atoms with E-state index >= 15 is 0 Å². The molecule has 0 radical (unpaired) electrons. The molecule has 0 aromatic heterocycles. The fourth-order valence-corrected chi connectivity index (χ4v) is 1.62. The Bertz CT molecular complexity index is 551. The first kappa shape index (κ1) is 13.1. The van der Waals surface area contributed by atoms with E-state index in [-0.39, 0.29) is 17.3 Å². The maximum Gasteiger partial charge on any atom is 0.264 e. The number of para-hydroxylation sites is 2. The van der Waals surface area contributed by atoms with Gasteiger partial charge in [-0.05, 0) is 12.1 Å². The molecule has 0 bridgehead atoms. The molecule has 2 rings (SSSR count). The fourth-order valence-electron chi connectivity index (χ4n) is 1.62. The Kier molecular flexibility index (Phi) is 4.15. The van der Waals surface area contributed by atoms with Crippen LogP contribution < -0.4 is 4.74 Å². The SMILES string of the molecule is COC(Oc1ccccc1O)C(=O)c1ccccc1. The summed E-state index contributed by atoms with van der Waals surface area (Å²) < 4.78 is 10.4. The number of ketones is 1. The van der Waals surface area contributed by atoms with Crippen molar-refractivity contribution in [3.8, 4) is 11.5 Å². The molecule has 98 valence electrons. The Morgan fingerprint density at radius 1 is 1.05 bits per heavy atom. The predicted octanol–water partition coefficient (Wildman–Crippen LogP) is 2.63. The fraction of sp³-hybridized carbons (Fsp3) is 0.133. The van der Waals surface area contributed by atoms with Gasteiger partial charge in [0.2, 0.25) is 5.78 Å². The predicted molar refractivity (Wildman–Crippen MR) is 70.3 cm³/mol. The first-order valence-corrected chi connectivity index (χ1v) is 5.79. The maximum absolute atomic E-state index is 12.2. The van der Waals surface area contributed by atoms with E-state index in [1.807, 2.05) is 6.07 Å². The van der Waals surface area contributed by atoms with E-state index in [9.17, 15) is 9.90 Å². The van der Waals surface area contributed by atoms with Gasteiger partial charge in [-0.1, -0.05) is 42.5 Å². The molecule has 2 aromatic rings. The summed E-state index contributed by atoms with van der Waals surface area (Å²) in [4.78, 5) is 12.2. The van der Waals surface area contributed by atoms with E-state index in [0.29, 0.717) is 5.56 Å². The second-order valence-electron chi connectivity index (χ2n) is 3.88. The third-order valence-corrected chi connectivity index (χ3v) is 2.59. The number of benzene rings is 2. The Balaban J connectivity index is 2.17. The van der Waals surface area contributed by atoms with Crippen molar-refractivity contribution in [3.05, 3.63) is 60.2 Å². The zero-order valence-corrected chi connectivity index (χ0v) is 10.4. The third kappa shape index (κ3) is 3.11. The van der Waals surface area contributed by atoms with E-state index in [2.05, 4.69) is 0 Å². The molecule has 1 atom stereocenters. The molecule has 2 aromatic carbocycles. The smallest absolute Gasteiger partial charge is 0.264 e. The quantitative estimate of drug-likeness (QED) is 0.661. The number of carbonyl (C=O) groups excluding carboxylic acids is 1. The van der Waals surface area contributed by atoms with Gasteiger partial charge in [0.15, 0.2) is 11.5 Å². The third-order valence-electron chi connectivity index (χ3n) is 2.59. The van der Waals surface area contributed by atoms with Crippen LogP contribution in [0.5, 0.6) is 11.5 Å². The highest BCUT2D eigenvalue weighted by Crippen LogP contribution is 2.26. The highest BCUT2D eigenvalue weighted by atomic mass is 16.7. The van der Waals surface area contributed by atoms with Crippen molar-refractivity contribution in [1.82, 2.24) is 0 Å². The van der Waals surface area contributed by atoms with Crippen molar-refractivity contribution in [2.45, 2.75) is 6.29 Å². The zero-order chi connectivity index (χ0) is 13.7. The summed E-state index contributed by atoms with van der Waals surface area (Å²) in [5.41, 5.74) is 0.491. The summed E-state index contributed by atoms with van der Waals surface area (Å²) >= 11 is 0. The minimum atomic E-state index is -1.09. The van der Waals surface area contributed by atoms with Crippen LogP contribution in [0.15, 0.2) is 54.6 Å². The lowest BCUT2D eigenvalue weighted by atomic mass is 10.1. The van der Waals surface area contributed by atoms with Crippen molar-refractivity contribution in [1.29, 1.82) is 0 Å². The van der Waals surface area contributed by atoms with Gasteiger partial charge in [0.1, 0.15) is 0 Å². The van der Waals surface area contributed by atoms with Gasteiger partial charge in [0.05, 0.1) is 0 Å². The van der Waals surface area contributed by atoms with Gasteiger partial charge >= 0.3 is 0 Å². The van der Waals surface area contributed by atoms with Gasteiger partial charge in [-0.15, -0.1) is 0 Å². The minimum Gasteiger partial charge on any atom is -0.504 e. The molecule has 0 saturated heterocycles. The molecule has 19 heavy (non-hydrogen) atoms. The molecule has 0 amide bonds. The molecular formula is C15H14O4. The molecule has 1 N–H and O–H groups in total. The zero-order valence-electron chi connectivity index (χ0n) is 10.4. The number of phenolic OH excluding ortho intramolecular Hbond substituents is 1. The number of phenols is 1. The molecule has 4 heteroatoms. The average Bonchev–Trinajstić information content (AvgIpc) is 2.47. The summed E-state index contributed by atoms with van der Waals surface area (Å²) in [7, 11) is 1.38. The molecule has 0 fully saturated rings. The van der Waals surface area contributed by atoms with Crippen LogP contribution in [0.4, 0.5) is 0 Å². The number of aromatic hydroxyl groups is 1. The van der Waals surface area contributed by atoms with Crippen LogP contribution in [0.1, 0.15) is 10.4 Å². The van der Waals surface area contributed by atoms with Crippen LogP contribution in [0.25, 0.3) is 0 Å². The molecule has 0 aliphatic carbocycles. The molecule has 0 spiro atoms. The topological polar surface area (TPSA) is 55.8 Å². The highest BCUT2D eigenvalue weighted by Gasteiger charge is 2.22. The number of rotatable bonds is 5. The molecule has 0 aliphatic rings. The average molecular weight is 258 g/mol. The highest BCUT2D eigenvalue weighted by molar-refractivity contribution is 5.98. The van der Waals surface area contributed by atoms with Crippen LogP contribution in [-0.2, 0) is 4.74 Å². The molecule has 4 nitrogen and oxygen atoms in total. The number of hydrogen-bond donors (Lipinski definition) is 1. The second-order valence-corrected chi connectivity index (χ2v) is 3.88. The minimum absolute atomic E-state index is 0.0367. The van der Waals surface area contributed by atoms with E-state index in [0.717, 1.165) is 0 Å². The van der Waals surface area contributed by atoms with Gasteiger partial charge in [0.25, 0.3) is 6.29 Å². The number of ether oxygens (including phenoxy) is 2. The van der Waals surface area contributed by atoms with E-state index in [1.165, 1.54) is 13.2 Å². The van der Waals surface area contributed by atoms with Crippen LogP contribution in [0.2, 0.25) is 0 Å². The largest absolute Gasteiger partial charge is 0.504 e. The molecule has 1 unspecified atom stereocenters. The first-order chi connectivity index (χ1) is 9.22. The second kappa shape index (κ2) is 6.02. The molecular weight excluding hydrogens is 244 g/mol.